The first-order valence-electron chi connectivity index (χ1n) is 8.62. The third kappa shape index (κ3) is 3.88. The van der Waals surface area contributed by atoms with Gasteiger partial charge in [0.05, 0.1) is 17.6 Å². The normalized spacial score (nSPS) is 12.3. The molecule has 0 radical (unpaired) electrons. The third-order valence-electron chi connectivity index (χ3n) is 4.46. The first-order valence-corrected chi connectivity index (χ1v) is 8.62. The van der Waals surface area contributed by atoms with Crippen molar-refractivity contribution in [1.82, 2.24) is 14.9 Å². The van der Waals surface area contributed by atoms with Crippen LogP contribution in [0.2, 0.25) is 0 Å². The predicted molar refractivity (Wildman–Crippen MR) is 101 cm³/mol. The van der Waals surface area contributed by atoms with Gasteiger partial charge in [-0.05, 0) is 36.8 Å². The minimum atomic E-state index is 0.0285. The van der Waals surface area contributed by atoms with E-state index >= 15 is 0 Å². The van der Waals surface area contributed by atoms with Crippen molar-refractivity contribution in [1.29, 1.82) is 0 Å². The van der Waals surface area contributed by atoms with Gasteiger partial charge >= 0.3 is 0 Å². The number of fused-ring (bicyclic) bond motifs is 1. The Morgan fingerprint density at radius 1 is 1.16 bits per heavy atom. The molecule has 25 heavy (non-hydrogen) atoms. The van der Waals surface area contributed by atoms with E-state index in [0.29, 0.717) is 13.0 Å². The minimum absolute atomic E-state index is 0.0285. The number of aromatic nitrogens is 2. The van der Waals surface area contributed by atoms with Crippen LogP contribution in [0.1, 0.15) is 37.7 Å². The summed E-state index contributed by atoms with van der Waals surface area (Å²) in [6, 6.07) is 16.3. The Balaban J connectivity index is 1.64. The summed E-state index contributed by atoms with van der Waals surface area (Å²) in [6.07, 6.45) is 0.484. The SMILES string of the molecule is CCC(=O)Nc1ccc(C(C)NCc2nc3ccccc3n2C)cc1. The van der Waals surface area contributed by atoms with Crippen LogP contribution in [0.25, 0.3) is 11.0 Å². The number of carbonyl (C=O) groups is 1. The summed E-state index contributed by atoms with van der Waals surface area (Å²) in [7, 11) is 2.04. The van der Waals surface area contributed by atoms with Gasteiger partial charge in [-0.2, -0.15) is 0 Å². The number of carbonyl (C=O) groups excluding carboxylic acids is 1. The first kappa shape index (κ1) is 17.2. The zero-order valence-electron chi connectivity index (χ0n) is 14.9. The second-order valence-corrected chi connectivity index (χ2v) is 6.20. The Hall–Kier alpha value is -2.66. The van der Waals surface area contributed by atoms with E-state index in [2.05, 4.69) is 33.2 Å². The van der Waals surface area contributed by atoms with Crippen LogP contribution >= 0.6 is 0 Å². The van der Waals surface area contributed by atoms with Crippen molar-refractivity contribution in [2.24, 2.45) is 7.05 Å². The number of nitrogens with zero attached hydrogens (tertiary/aromatic N) is 2. The molecule has 2 aromatic carbocycles. The van der Waals surface area contributed by atoms with Gasteiger partial charge in [-0.3, -0.25) is 4.79 Å². The van der Waals surface area contributed by atoms with Crippen molar-refractivity contribution < 1.29 is 4.79 Å². The van der Waals surface area contributed by atoms with Crippen LogP contribution in [-0.4, -0.2) is 15.5 Å². The van der Waals surface area contributed by atoms with Gasteiger partial charge in [0.15, 0.2) is 0 Å². The highest BCUT2D eigenvalue weighted by Crippen LogP contribution is 2.18. The summed E-state index contributed by atoms with van der Waals surface area (Å²) < 4.78 is 2.12. The van der Waals surface area contributed by atoms with Gasteiger partial charge in [0.1, 0.15) is 5.82 Å². The van der Waals surface area contributed by atoms with E-state index in [9.17, 15) is 4.79 Å². The van der Waals surface area contributed by atoms with Crippen LogP contribution in [0.4, 0.5) is 5.69 Å². The maximum Gasteiger partial charge on any atom is 0.224 e. The summed E-state index contributed by atoms with van der Waals surface area (Å²) >= 11 is 0. The summed E-state index contributed by atoms with van der Waals surface area (Å²) in [4.78, 5) is 16.1. The van der Waals surface area contributed by atoms with E-state index < -0.39 is 0 Å². The molecule has 5 nitrogen and oxygen atoms in total. The highest BCUT2D eigenvalue weighted by atomic mass is 16.1. The summed E-state index contributed by atoms with van der Waals surface area (Å²) in [5, 5.41) is 6.38. The molecule has 0 saturated carbocycles. The van der Waals surface area contributed by atoms with Gasteiger partial charge in [0, 0.05) is 25.2 Å². The van der Waals surface area contributed by atoms with Crippen molar-refractivity contribution in [2.75, 3.05) is 5.32 Å². The molecule has 0 fully saturated rings. The number of hydrogen-bond donors (Lipinski definition) is 2. The molecule has 0 aliphatic rings. The van der Waals surface area contributed by atoms with Crippen LogP contribution in [0.3, 0.4) is 0 Å². The van der Waals surface area contributed by atoms with Crippen LogP contribution in [0, 0.1) is 0 Å². The maximum atomic E-state index is 11.4. The van der Waals surface area contributed by atoms with Crippen LogP contribution in [0.5, 0.6) is 0 Å². The average molecular weight is 336 g/mol. The van der Waals surface area contributed by atoms with Crippen molar-refractivity contribution in [2.45, 2.75) is 32.9 Å². The number of aryl methyl sites for hydroxylation is 1. The maximum absolute atomic E-state index is 11.4. The Kier molecular flexibility index (Phi) is 5.14. The molecule has 1 atom stereocenters. The molecule has 130 valence electrons. The standard InChI is InChI=1S/C20H24N4O/c1-4-20(25)22-16-11-9-15(10-12-16)14(2)21-13-19-23-17-7-5-6-8-18(17)24(19)3/h5-12,14,21H,4,13H2,1-3H3,(H,22,25). The van der Waals surface area contributed by atoms with Crippen LogP contribution in [-0.2, 0) is 18.4 Å². The minimum Gasteiger partial charge on any atom is -0.330 e. The van der Waals surface area contributed by atoms with Gasteiger partial charge in [-0.1, -0.05) is 31.2 Å². The zero-order valence-corrected chi connectivity index (χ0v) is 14.9. The summed E-state index contributed by atoms with van der Waals surface area (Å²) in [6.45, 7) is 4.67. The Bertz CT molecular complexity index is 867. The van der Waals surface area contributed by atoms with E-state index in [0.717, 1.165) is 22.5 Å². The number of para-hydroxylation sites is 2. The molecule has 0 saturated heterocycles. The molecule has 3 aromatic rings. The highest BCUT2D eigenvalue weighted by Gasteiger charge is 2.10. The lowest BCUT2D eigenvalue weighted by Gasteiger charge is -2.15. The second-order valence-electron chi connectivity index (χ2n) is 6.20. The van der Waals surface area contributed by atoms with E-state index in [1.807, 2.05) is 56.4 Å². The molecule has 3 rings (SSSR count). The number of nitrogens with one attached hydrogen (secondary N) is 2. The smallest absolute Gasteiger partial charge is 0.224 e. The fourth-order valence-corrected chi connectivity index (χ4v) is 2.82. The number of rotatable bonds is 6. The molecule has 0 spiro atoms. The molecule has 0 aliphatic carbocycles. The third-order valence-corrected chi connectivity index (χ3v) is 4.46. The summed E-state index contributed by atoms with van der Waals surface area (Å²) in [5.41, 5.74) is 4.17. The number of amides is 1. The number of benzene rings is 2. The lowest BCUT2D eigenvalue weighted by molar-refractivity contribution is -0.115. The lowest BCUT2D eigenvalue weighted by Crippen LogP contribution is -2.20. The zero-order chi connectivity index (χ0) is 17.8. The summed E-state index contributed by atoms with van der Waals surface area (Å²) in [5.74, 6) is 1.04. The van der Waals surface area contributed by atoms with Gasteiger partial charge in [0.2, 0.25) is 5.91 Å². The van der Waals surface area contributed by atoms with Crippen molar-refractivity contribution >= 4 is 22.6 Å². The fourth-order valence-electron chi connectivity index (χ4n) is 2.82. The van der Waals surface area contributed by atoms with Crippen molar-refractivity contribution in [3.63, 3.8) is 0 Å². The monoisotopic (exact) mass is 336 g/mol. The average Bonchev–Trinajstić information content (AvgIpc) is 2.96. The van der Waals surface area contributed by atoms with E-state index in [1.165, 1.54) is 5.56 Å². The molecule has 1 unspecified atom stereocenters. The predicted octanol–water partition coefficient (Wildman–Crippen LogP) is 3.77. The van der Waals surface area contributed by atoms with Gasteiger partial charge in [-0.25, -0.2) is 4.98 Å². The van der Waals surface area contributed by atoms with Crippen LogP contribution < -0.4 is 10.6 Å². The van der Waals surface area contributed by atoms with Crippen LogP contribution in [0.15, 0.2) is 48.5 Å². The number of hydrogen-bond acceptors (Lipinski definition) is 3. The molecular weight excluding hydrogens is 312 g/mol. The Labute approximate surface area is 148 Å². The largest absolute Gasteiger partial charge is 0.330 e. The second kappa shape index (κ2) is 7.49. The fraction of sp³-hybridized carbons (Fsp3) is 0.300. The molecule has 0 aliphatic heterocycles. The van der Waals surface area contributed by atoms with E-state index in [-0.39, 0.29) is 11.9 Å². The number of anilines is 1. The number of imidazole rings is 1. The molecule has 1 aromatic heterocycles. The molecule has 0 bridgehead atoms. The van der Waals surface area contributed by atoms with E-state index in [4.69, 9.17) is 0 Å². The topological polar surface area (TPSA) is 59.0 Å². The van der Waals surface area contributed by atoms with Gasteiger partial charge in [-0.15, -0.1) is 0 Å². The quantitative estimate of drug-likeness (QED) is 0.720. The molecular formula is C20H24N4O. The van der Waals surface area contributed by atoms with E-state index in [1.54, 1.807) is 0 Å². The Morgan fingerprint density at radius 3 is 2.56 bits per heavy atom. The van der Waals surface area contributed by atoms with Crippen molar-refractivity contribution in [3.8, 4) is 0 Å². The molecule has 1 amide bonds. The molecule has 5 heteroatoms. The lowest BCUT2D eigenvalue weighted by atomic mass is 10.1. The molecule has 2 N–H and O–H groups in total. The molecule has 1 heterocycles. The van der Waals surface area contributed by atoms with Crippen molar-refractivity contribution in [3.05, 3.63) is 59.9 Å². The van der Waals surface area contributed by atoms with Gasteiger partial charge in [0.25, 0.3) is 0 Å². The van der Waals surface area contributed by atoms with Gasteiger partial charge < -0.3 is 15.2 Å². The first-order chi connectivity index (χ1) is 12.1. The Morgan fingerprint density at radius 2 is 1.88 bits per heavy atom. The highest BCUT2D eigenvalue weighted by molar-refractivity contribution is 5.90.